The van der Waals surface area contributed by atoms with Crippen LogP contribution in [0.15, 0.2) is 108 Å². The van der Waals surface area contributed by atoms with E-state index in [-0.39, 0.29) is 29.1 Å². The molecule has 0 bridgehead atoms. The first-order valence-electron chi connectivity index (χ1n) is 15.6. The Bertz CT molecular complexity index is 1750. The van der Waals surface area contributed by atoms with Gasteiger partial charge in [0.25, 0.3) is 10.0 Å². The van der Waals surface area contributed by atoms with Crippen molar-refractivity contribution in [2.75, 3.05) is 10.8 Å². The monoisotopic (exact) mass is 693 g/mol. The minimum Gasteiger partial charge on any atom is -0.457 e. The summed E-state index contributed by atoms with van der Waals surface area (Å²) in [6.45, 7) is 0.950. The summed E-state index contributed by atoms with van der Waals surface area (Å²) in [6, 6.07) is 27.6. The van der Waals surface area contributed by atoms with Crippen molar-refractivity contribution in [1.29, 1.82) is 0 Å². The number of para-hydroxylation sites is 1. The van der Waals surface area contributed by atoms with Gasteiger partial charge in [-0.05, 0) is 80.4 Å². The normalized spacial score (nSPS) is 14.2. The van der Waals surface area contributed by atoms with Crippen LogP contribution in [0.2, 0.25) is 10.0 Å². The van der Waals surface area contributed by atoms with Gasteiger partial charge in [0.2, 0.25) is 11.8 Å². The van der Waals surface area contributed by atoms with Crippen molar-refractivity contribution in [2.24, 2.45) is 0 Å². The fourth-order valence-electron chi connectivity index (χ4n) is 5.56. The molecule has 4 aromatic carbocycles. The van der Waals surface area contributed by atoms with Gasteiger partial charge in [0.1, 0.15) is 24.1 Å². The summed E-state index contributed by atoms with van der Waals surface area (Å²) >= 11 is 13.0. The molecule has 8 nitrogen and oxygen atoms in total. The molecule has 11 heteroatoms. The number of nitrogens with zero attached hydrogens (tertiary/aromatic N) is 2. The van der Waals surface area contributed by atoms with Crippen LogP contribution in [0.3, 0.4) is 0 Å². The summed E-state index contributed by atoms with van der Waals surface area (Å²) in [5.74, 6) is 0.189. The zero-order valence-electron chi connectivity index (χ0n) is 26.0. The van der Waals surface area contributed by atoms with E-state index in [9.17, 15) is 18.0 Å². The van der Waals surface area contributed by atoms with Gasteiger partial charge in [-0.1, -0.05) is 84.9 Å². The largest absolute Gasteiger partial charge is 0.457 e. The Morgan fingerprint density at radius 3 is 2.00 bits per heavy atom. The van der Waals surface area contributed by atoms with E-state index in [1.54, 1.807) is 67.6 Å². The standard InChI is InChI=1S/C36H37Cl2N3O5S/c1-26(36(43)39-27-12-5-2-6-13-27)40(24-32-33(37)18-11-19-34(32)38)35(42)25-41(47(44,45)31-16-9-4-10-17-31)28-20-22-30(23-21-28)46-29-14-7-3-8-15-29/h3-4,7-11,14-23,26-27H,2,5-6,12-13,24-25H2,1H3,(H,39,43). The van der Waals surface area contributed by atoms with Crippen molar-refractivity contribution >= 4 is 50.7 Å². The molecular weight excluding hydrogens is 657 g/mol. The summed E-state index contributed by atoms with van der Waals surface area (Å²) in [4.78, 5) is 29.2. The fourth-order valence-corrected chi connectivity index (χ4v) is 7.51. The molecule has 1 atom stereocenters. The van der Waals surface area contributed by atoms with E-state index in [1.165, 1.54) is 17.0 Å². The summed E-state index contributed by atoms with van der Waals surface area (Å²) in [6.07, 6.45) is 4.92. The smallest absolute Gasteiger partial charge is 0.264 e. The lowest BCUT2D eigenvalue weighted by molar-refractivity contribution is -0.139. The number of nitrogens with one attached hydrogen (secondary N) is 1. The molecule has 5 rings (SSSR count). The molecule has 1 fully saturated rings. The van der Waals surface area contributed by atoms with Crippen LogP contribution >= 0.6 is 23.2 Å². The zero-order chi connectivity index (χ0) is 33.4. The molecule has 246 valence electrons. The van der Waals surface area contributed by atoms with E-state index in [2.05, 4.69) is 5.32 Å². The second-order valence-corrected chi connectivity index (χ2v) is 14.2. The quantitative estimate of drug-likeness (QED) is 0.163. The topological polar surface area (TPSA) is 96.0 Å². The van der Waals surface area contributed by atoms with Gasteiger partial charge in [0.05, 0.1) is 10.6 Å². The molecule has 4 aromatic rings. The van der Waals surface area contributed by atoms with E-state index >= 15 is 0 Å². The first kappa shape index (κ1) is 34.3. The molecule has 0 radical (unpaired) electrons. The van der Waals surface area contributed by atoms with Gasteiger partial charge in [-0.3, -0.25) is 13.9 Å². The Morgan fingerprint density at radius 2 is 1.38 bits per heavy atom. The number of hydrogen-bond donors (Lipinski definition) is 1. The van der Waals surface area contributed by atoms with E-state index in [1.807, 2.05) is 30.3 Å². The van der Waals surface area contributed by atoms with Crippen LogP contribution in [0.4, 0.5) is 5.69 Å². The minimum absolute atomic E-state index is 0.0150. The second kappa shape index (κ2) is 15.7. The van der Waals surface area contributed by atoms with Crippen LogP contribution in [0.5, 0.6) is 11.5 Å². The third-order valence-electron chi connectivity index (χ3n) is 8.22. The number of carbonyl (C=O) groups excluding carboxylic acids is 2. The highest BCUT2D eigenvalue weighted by atomic mass is 35.5. The van der Waals surface area contributed by atoms with E-state index < -0.39 is 28.5 Å². The molecule has 1 unspecified atom stereocenters. The van der Waals surface area contributed by atoms with Crippen molar-refractivity contribution in [3.63, 3.8) is 0 Å². The third kappa shape index (κ3) is 8.66. The summed E-state index contributed by atoms with van der Waals surface area (Å²) < 4.78 is 35.1. The Labute approximate surface area is 286 Å². The summed E-state index contributed by atoms with van der Waals surface area (Å²) in [5, 5.41) is 3.75. The van der Waals surface area contributed by atoms with Crippen LogP contribution < -0.4 is 14.4 Å². The number of carbonyl (C=O) groups is 2. The highest BCUT2D eigenvalue weighted by Crippen LogP contribution is 2.30. The van der Waals surface area contributed by atoms with Gasteiger partial charge < -0.3 is 15.0 Å². The number of sulfonamides is 1. The maximum absolute atomic E-state index is 14.3. The van der Waals surface area contributed by atoms with E-state index in [4.69, 9.17) is 27.9 Å². The van der Waals surface area contributed by atoms with Crippen LogP contribution in [0.25, 0.3) is 0 Å². The molecule has 47 heavy (non-hydrogen) atoms. The van der Waals surface area contributed by atoms with Crippen molar-refractivity contribution in [3.8, 4) is 11.5 Å². The average Bonchev–Trinajstić information content (AvgIpc) is 3.08. The Hall–Kier alpha value is -4.05. The molecule has 1 saturated carbocycles. The summed E-state index contributed by atoms with van der Waals surface area (Å²) in [5.41, 5.74) is 0.707. The summed E-state index contributed by atoms with van der Waals surface area (Å²) in [7, 11) is -4.22. The van der Waals surface area contributed by atoms with Gasteiger partial charge in [-0.2, -0.15) is 0 Å². The number of anilines is 1. The molecule has 1 aliphatic rings. The molecular formula is C36H37Cl2N3O5S. The maximum atomic E-state index is 14.3. The van der Waals surface area contributed by atoms with Gasteiger partial charge in [-0.15, -0.1) is 0 Å². The predicted octanol–water partition coefficient (Wildman–Crippen LogP) is 7.85. The number of rotatable bonds is 12. The highest BCUT2D eigenvalue weighted by molar-refractivity contribution is 7.92. The maximum Gasteiger partial charge on any atom is 0.264 e. The van der Waals surface area contributed by atoms with Crippen LogP contribution in [0, 0.1) is 0 Å². The first-order valence-corrected chi connectivity index (χ1v) is 17.8. The van der Waals surface area contributed by atoms with Crippen molar-refractivity contribution in [3.05, 3.63) is 119 Å². The molecule has 0 heterocycles. The van der Waals surface area contributed by atoms with Gasteiger partial charge in [0, 0.05) is 28.2 Å². The third-order valence-corrected chi connectivity index (χ3v) is 10.7. The number of amides is 2. The van der Waals surface area contributed by atoms with Crippen molar-refractivity contribution < 1.29 is 22.7 Å². The molecule has 1 aliphatic carbocycles. The average molecular weight is 695 g/mol. The van der Waals surface area contributed by atoms with Crippen molar-refractivity contribution in [2.45, 2.75) is 62.6 Å². The Balaban J connectivity index is 1.47. The molecule has 2 amide bonds. The fraction of sp³-hybridized carbons (Fsp3) is 0.278. The first-order chi connectivity index (χ1) is 22.6. The molecule has 0 aromatic heterocycles. The minimum atomic E-state index is -4.22. The lowest BCUT2D eigenvalue weighted by atomic mass is 9.95. The van der Waals surface area contributed by atoms with Gasteiger partial charge in [-0.25, -0.2) is 8.42 Å². The molecule has 0 aliphatic heterocycles. The van der Waals surface area contributed by atoms with E-state index in [0.29, 0.717) is 27.1 Å². The molecule has 0 saturated heterocycles. The van der Waals surface area contributed by atoms with E-state index in [0.717, 1.165) is 36.4 Å². The Morgan fingerprint density at radius 1 is 0.809 bits per heavy atom. The van der Waals surface area contributed by atoms with Gasteiger partial charge in [0.15, 0.2) is 0 Å². The lowest BCUT2D eigenvalue weighted by Crippen LogP contribution is -2.53. The zero-order valence-corrected chi connectivity index (χ0v) is 28.3. The highest BCUT2D eigenvalue weighted by Gasteiger charge is 2.34. The van der Waals surface area contributed by atoms with Crippen LogP contribution in [0.1, 0.15) is 44.6 Å². The Kier molecular flexibility index (Phi) is 11.4. The SMILES string of the molecule is CC(C(=O)NC1CCCCC1)N(Cc1c(Cl)cccc1Cl)C(=O)CN(c1ccc(Oc2ccccc2)cc1)S(=O)(=O)c1ccccc1. The number of halogens is 2. The lowest BCUT2D eigenvalue weighted by Gasteiger charge is -2.33. The number of ether oxygens (including phenoxy) is 1. The number of hydrogen-bond acceptors (Lipinski definition) is 5. The number of benzene rings is 4. The molecule has 1 N–H and O–H groups in total. The van der Waals surface area contributed by atoms with Crippen LogP contribution in [-0.2, 0) is 26.2 Å². The second-order valence-electron chi connectivity index (χ2n) is 11.5. The van der Waals surface area contributed by atoms with Gasteiger partial charge >= 0.3 is 0 Å². The van der Waals surface area contributed by atoms with Crippen LogP contribution in [-0.4, -0.2) is 43.8 Å². The predicted molar refractivity (Wildman–Crippen MR) is 185 cm³/mol. The molecule has 0 spiro atoms. The van der Waals surface area contributed by atoms with Crippen molar-refractivity contribution in [1.82, 2.24) is 10.2 Å².